The van der Waals surface area contributed by atoms with Gasteiger partial charge in [0.05, 0.1) is 12.9 Å². The lowest BCUT2D eigenvalue weighted by molar-refractivity contribution is 0.415. The van der Waals surface area contributed by atoms with E-state index in [1.807, 2.05) is 24.3 Å². The summed E-state index contributed by atoms with van der Waals surface area (Å²) in [5.74, 6) is 1.14. The van der Waals surface area contributed by atoms with Crippen molar-refractivity contribution in [2.45, 2.75) is 6.42 Å². The largest absolute Gasteiger partial charge is 0.497 e. The molecule has 0 atom stereocenters. The summed E-state index contributed by atoms with van der Waals surface area (Å²) in [6.45, 7) is 0. The summed E-state index contributed by atoms with van der Waals surface area (Å²) in [6, 6.07) is 7.43. The molecule has 96 valence electrons. The smallest absolute Gasteiger partial charge is 0.264 e. The Hall–Kier alpha value is -0.920. The van der Waals surface area contributed by atoms with Crippen LogP contribution in [0.3, 0.4) is 0 Å². The Bertz CT molecular complexity index is 447. The minimum atomic E-state index is -3.84. The van der Waals surface area contributed by atoms with Crippen LogP contribution in [0.1, 0.15) is 6.42 Å². The summed E-state index contributed by atoms with van der Waals surface area (Å²) in [7, 11) is -2.25. The molecule has 2 N–H and O–H groups in total. The maximum Gasteiger partial charge on any atom is 0.264 e. The van der Waals surface area contributed by atoms with Crippen LogP contribution < -0.4 is 9.46 Å². The van der Waals surface area contributed by atoms with Crippen molar-refractivity contribution in [2.75, 3.05) is 23.3 Å². The Kier molecular flexibility index (Phi) is 5.60. The SMILES string of the molecule is COc1cccc(NSCCCS(=O)(=O)O)c1. The standard InChI is InChI=1S/C10H15NO4S2/c1-15-10-5-2-4-9(8-10)11-16-6-3-7-17(12,13)14/h2,4-5,8,11H,3,6-7H2,1H3,(H,12,13,14). The van der Waals surface area contributed by atoms with Crippen molar-refractivity contribution >= 4 is 27.8 Å². The third-order valence-corrected chi connectivity index (χ3v) is 3.59. The van der Waals surface area contributed by atoms with E-state index in [0.29, 0.717) is 12.2 Å². The van der Waals surface area contributed by atoms with Gasteiger partial charge in [-0.1, -0.05) is 18.0 Å². The highest BCUT2D eigenvalue weighted by Crippen LogP contribution is 2.19. The second-order valence-electron chi connectivity index (χ2n) is 3.32. The van der Waals surface area contributed by atoms with Gasteiger partial charge in [0, 0.05) is 17.5 Å². The molecule has 0 saturated heterocycles. The molecule has 0 amide bonds. The first-order valence-corrected chi connectivity index (χ1v) is 7.58. The van der Waals surface area contributed by atoms with Crippen LogP contribution in [0, 0.1) is 0 Å². The number of nitrogens with one attached hydrogen (secondary N) is 1. The van der Waals surface area contributed by atoms with Crippen molar-refractivity contribution in [2.24, 2.45) is 0 Å². The monoisotopic (exact) mass is 277 g/mol. The molecule has 1 rings (SSSR count). The van der Waals surface area contributed by atoms with Crippen LogP contribution in [-0.4, -0.2) is 31.6 Å². The Morgan fingerprint density at radius 2 is 2.24 bits per heavy atom. The van der Waals surface area contributed by atoms with Gasteiger partial charge in [0.1, 0.15) is 5.75 Å². The van der Waals surface area contributed by atoms with Crippen LogP contribution in [0.5, 0.6) is 5.75 Å². The molecule has 0 aliphatic heterocycles. The predicted molar refractivity (Wildman–Crippen MR) is 70.1 cm³/mol. The van der Waals surface area contributed by atoms with Crippen molar-refractivity contribution in [1.29, 1.82) is 0 Å². The minimum absolute atomic E-state index is 0.209. The Balaban J connectivity index is 2.26. The van der Waals surface area contributed by atoms with Gasteiger partial charge >= 0.3 is 0 Å². The zero-order valence-electron chi connectivity index (χ0n) is 9.42. The van der Waals surface area contributed by atoms with Gasteiger partial charge in [-0.2, -0.15) is 8.42 Å². The van der Waals surface area contributed by atoms with E-state index < -0.39 is 10.1 Å². The number of hydrogen-bond acceptors (Lipinski definition) is 5. The van der Waals surface area contributed by atoms with Crippen molar-refractivity contribution < 1.29 is 17.7 Å². The molecule has 0 unspecified atom stereocenters. The highest BCUT2D eigenvalue weighted by molar-refractivity contribution is 8.00. The molecular formula is C10H15NO4S2. The van der Waals surface area contributed by atoms with E-state index in [-0.39, 0.29) is 5.75 Å². The van der Waals surface area contributed by atoms with Crippen molar-refractivity contribution in [1.82, 2.24) is 0 Å². The number of benzene rings is 1. The van der Waals surface area contributed by atoms with Crippen LogP contribution in [0.2, 0.25) is 0 Å². The Morgan fingerprint density at radius 3 is 2.88 bits per heavy atom. The highest BCUT2D eigenvalue weighted by Gasteiger charge is 2.03. The fraction of sp³-hybridized carbons (Fsp3) is 0.400. The molecule has 0 aliphatic rings. The van der Waals surface area contributed by atoms with Gasteiger partial charge in [0.15, 0.2) is 0 Å². The molecule has 0 fully saturated rings. The van der Waals surface area contributed by atoms with Crippen LogP contribution in [0.15, 0.2) is 24.3 Å². The Labute approximate surface area is 105 Å². The molecule has 1 aromatic rings. The van der Waals surface area contributed by atoms with Crippen LogP contribution in [0.25, 0.3) is 0 Å². The van der Waals surface area contributed by atoms with Gasteiger partial charge in [0.2, 0.25) is 0 Å². The Morgan fingerprint density at radius 1 is 1.47 bits per heavy atom. The summed E-state index contributed by atoms with van der Waals surface area (Å²) < 4.78 is 37.6. The third-order valence-electron chi connectivity index (χ3n) is 1.91. The number of ether oxygens (including phenoxy) is 1. The minimum Gasteiger partial charge on any atom is -0.497 e. The topological polar surface area (TPSA) is 75.6 Å². The van der Waals surface area contributed by atoms with Gasteiger partial charge in [0.25, 0.3) is 10.1 Å². The van der Waals surface area contributed by atoms with E-state index >= 15 is 0 Å². The average molecular weight is 277 g/mol. The quantitative estimate of drug-likeness (QED) is 0.451. The second-order valence-corrected chi connectivity index (χ2v) is 5.80. The molecule has 7 heteroatoms. The fourth-order valence-corrected chi connectivity index (χ4v) is 2.51. The molecule has 0 aromatic heterocycles. The van der Waals surface area contributed by atoms with E-state index in [2.05, 4.69) is 4.72 Å². The lowest BCUT2D eigenvalue weighted by atomic mass is 10.3. The predicted octanol–water partition coefficient (Wildman–Crippen LogP) is 2.03. The van der Waals surface area contributed by atoms with Gasteiger partial charge in [-0.05, 0) is 18.6 Å². The molecular weight excluding hydrogens is 262 g/mol. The summed E-state index contributed by atoms with van der Waals surface area (Å²) >= 11 is 1.39. The van der Waals surface area contributed by atoms with Crippen LogP contribution in [-0.2, 0) is 10.1 Å². The van der Waals surface area contributed by atoms with E-state index in [1.165, 1.54) is 11.9 Å². The first-order valence-electron chi connectivity index (χ1n) is 4.98. The van der Waals surface area contributed by atoms with Crippen LogP contribution >= 0.6 is 11.9 Å². The van der Waals surface area contributed by atoms with Crippen molar-refractivity contribution in [3.05, 3.63) is 24.3 Å². The zero-order valence-corrected chi connectivity index (χ0v) is 11.1. The average Bonchev–Trinajstić information content (AvgIpc) is 2.27. The van der Waals surface area contributed by atoms with E-state index in [9.17, 15) is 8.42 Å². The van der Waals surface area contributed by atoms with Crippen molar-refractivity contribution in [3.8, 4) is 5.75 Å². The number of rotatable bonds is 7. The molecule has 5 nitrogen and oxygen atoms in total. The summed E-state index contributed by atoms with van der Waals surface area (Å²) in [5, 5.41) is 0. The van der Waals surface area contributed by atoms with E-state index in [4.69, 9.17) is 9.29 Å². The second kappa shape index (κ2) is 6.73. The first kappa shape index (κ1) is 14.1. The molecule has 0 spiro atoms. The van der Waals surface area contributed by atoms with Crippen LogP contribution in [0.4, 0.5) is 5.69 Å². The number of methoxy groups -OCH3 is 1. The van der Waals surface area contributed by atoms with Crippen molar-refractivity contribution in [3.63, 3.8) is 0 Å². The third kappa shape index (κ3) is 6.40. The zero-order chi connectivity index (χ0) is 12.7. The van der Waals surface area contributed by atoms with E-state index in [1.54, 1.807) is 7.11 Å². The van der Waals surface area contributed by atoms with Gasteiger partial charge in [-0.3, -0.25) is 4.55 Å². The first-order chi connectivity index (χ1) is 8.01. The molecule has 1 aromatic carbocycles. The maximum atomic E-state index is 10.5. The molecule has 0 saturated carbocycles. The highest BCUT2D eigenvalue weighted by atomic mass is 32.2. The molecule has 0 radical (unpaired) electrons. The molecule has 17 heavy (non-hydrogen) atoms. The fourth-order valence-electron chi connectivity index (χ4n) is 1.13. The van der Waals surface area contributed by atoms with Gasteiger partial charge in [-0.25, -0.2) is 0 Å². The molecule has 0 aliphatic carbocycles. The van der Waals surface area contributed by atoms with Gasteiger partial charge < -0.3 is 9.46 Å². The maximum absolute atomic E-state index is 10.5. The lowest BCUT2D eigenvalue weighted by Gasteiger charge is -2.06. The number of anilines is 1. The molecule has 0 heterocycles. The summed E-state index contributed by atoms with van der Waals surface area (Å²) in [6.07, 6.45) is 0.403. The normalized spacial score (nSPS) is 11.2. The number of hydrogen-bond donors (Lipinski definition) is 2. The molecule has 0 bridgehead atoms. The van der Waals surface area contributed by atoms with Gasteiger partial charge in [-0.15, -0.1) is 0 Å². The summed E-state index contributed by atoms with van der Waals surface area (Å²) in [4.78, 5) is 0. The van der Waals surface area contributed by atoms with E-state index in [0.717, 1.165) is 11.4 Å². The summed E-state index contributed by atoms with van der Waals surface area (Å²) in [5.41, 5.74) is 0.890. The lowest BCUT2D eigenvalue weighted by Crippen LogP contribution is -2.05.